The zero-order valence-corrected chi connectivity index (χ0v) is 14.8. The highest BCUT2D eigenvalue weighted by Crippen LogP contribution is 2.36. The van der Waals surface area contributed by atoms with Crippen LogP contribution in [-0.2, 0) is 6.61 Å². The third-order valence-electron chi connectivity index (χ3n) is 4.61. The number of Topliss-reactive ketones (excluding diaryl/α,β-unsaturated/α-hetero) is 1. The molecule has 0 fully saturated rings. The molecule has 0 aliphatic carbocycles. The number of carbonyl (C=O) groups excluding carboxylic acids is 1. The number of fused-ring (bicyclic) bond motifs is 1. The Balaban J connectivity index is 1.78. The van der Waals surface area contributed by atoms with Crippen molar-refractivity contribution >= 4 is 16.7 Å². The molecule has 0 aliphatic heterocycles. The summed E-state index contributed by atoms with van der Waals surface area (Å²) in [6.45, 7) is 0.461. The van der Waals surface area contributed by atoms with Crippen LogP contribution < -0.4 is 10.5 Å². The number of rotatable bonds is 6. The average Bonchev–Trinajstić information content (AvgIpc) is 3.17. The van der Waals surface area contributed by atoms with E-state index in [2.05, 4.69) is 4.98 Å². The maximum Gasteiger partial charge on any atom is 0.178 e. The summed E-state index contributed by atoms with van der Waals surface area (Å²) in [4.78, 5) is 15.5. The van der Waals surface area contributed by atoms with Gasteiger partial charge >= 0.3 is 0 Å². The molecule has 4 nitrogen and oxygen atoms in total. The van der Waals surface area contributed by atoms with E-state index in [9.17, 15) is 4.79 Å². The molecule has 27 heavy (non-hydrogen) atoms. The Hall–Kier alpha value is -3.37. The van der Waals surface area contributed by atoms with E-state index >= 15 is 0 Å². The van der Waals surface area contributed by atoms with E-state index in [-0.39, 0.29) is 12.3 Å². The summed E-state index contributed by atoms with van der Waals surface area (Å²) in [5.74, 6) is 0.692. The topological polar surface area (TPSA) is 68.1 Å². The lowest BCUT2D eigenvalue weighted by Gasteiger charge is -2.13. The molecule has 0 bridgehead atoms. The van der Waals surface area contributed by atoms with Gasteiger partial charge in [-0.25, -0.2) is 0 Å². The van der Waals surface area contributed by atoms with Crippen molar-refractivity contribution in [1.82, 2.24) is 4.98 Å². The van der Waals surface area contributed by atoms with E-state index in [0.29, 0.717) is 12.2 Å². The molecule has 4 rings (SSSR count). The lowest BCUT2D eigenvalue weighted by molar-refractivity contribution is 0.100. The number of aromatic nitrogens is 1. The number of benzene rings is 3. The first kappa shape index (κ1) is 17.1. The quantitative estimate of drug-likeness (QED) is 0.498. The predicted molar refractivity (Wildman–Crippen MR) is 108 cm³/mol. The largest absolute Gasteiger partial charge is 0.488 e. The van der Waals surface area contributed by atoms with Gasteiger partial charge in [0.1, 0.15) is 12.4 Å². The van der Waals surface area contributed by atoms with Crippen LogP contribution in [0.1, 0.15) is 15.9 Å². The van der Waals surface area contributed by atoms with Gasteiger partial charge in [0.05, 0.1) is 6.54 Å². The second-order valence-electron chi connectivity index (χ2n) is 6.33. The summed E-state index contributed by atoms with van der Waals surface area (Å²) >= 11 is 0. The van der Waals surface area contributed by atoms with Crippen LogP contribution in [-0.4, -0.2) is 17.3 Å². The second kappa shape index (κ2) is 7.48. The van der Waals surface area contributed by atoms with Crippen LogP contribution in [0.2, 0.25) is 0 Å². The van der Waals surface area contributed by atoms with Crippen LogP contribution in [0, 0.1) is 0 Å². The van der Waals surface area contributed by atoms with Gasteiger partial charge in [0.25, 0.3) is 0 Å². The standard InChI is InChI=1S/C23H20N2O2/c24-13-21(26)19-14-25-20-11-6-10-18(23(19)20)17-9-4-5-12-22(17)27-15-16-7-2-1-3-8-16/h1-12,14,25H,13,15,24H2. The molecule has 0 aliphatic rings. The molecular weight excluding hydrogens is 336 g/mol. The second-order valence-corrected chi connectivity index (χ2v) is 6.33. The van der Waals surface area contributed by atoms with Gasteiger partial charge in [0.15, 0.2) is 5.78 Å². The SMILES string of the molecule is NCC(=O)c1c[nH]c2cccc(-c3ccccc3OCc3ccccc3)c12. The van der Waals surface area contributed by atoms with Crippen LogP contribution in [0.15, 0.2) is 79.0 Å². The van der Waals surface area contributed by atoms with Gasteiger partial charge in [-0.2, -0.15) is 0 Å². The number of carbonyl (C=O) groups is 1. The van der Waals surface area contributed by atoms with Crippen molar-refractivity contribution in [3.63, 3.8) is 0 Å². The summed E-state index contributed by atoms with van der Waals surface area (Å²) in [6, 6.07) is 23.9. The van der Waals surface area contributed by atoms with Crippen LogP contribution in [0.3, 0.4) is 0 Å². The number of hydrogen-bond acceptors (Lipinski definition) is 3. The number of nitrogens with two attached hydrogens (primary N) is 1. The molecule has 4 aromatic rings. The fraction of sp³-hybridized carbons (Fsp3) is 0.0870. The molecule has 3 aromatic carbocycles. The average molecular weight is 356 g/mol. The maximum absolute atomic E-state index is 12.3. The van der Waals surface area contributed by atoms with Gasteiger partial charge in [-0.1, -0.05) is 60.7 Å². The molecule has 0 amide bonds. The fourth-order valence-corrected chi connectivity index (χ4v) is 3.29. The number of H-pyrrole nitrogens is 1. The highest BCUT2D eigenvalue weighted by atomic mass is 16.5. The van der Waals surface area contributed by atoms with Gasteiger partial charge in [0, 0.05) is 28.2 Å². The van der Waals surface area contributed by atoms with Crippen molar-refractivity contribution in [2.75, 3.05) is 6.54 Å². The lowest BCUT2D eigenvalue weighted by atomic mass is 9.97. The number of aromatic amines is 1. The number of ether oxygens (including phenoxy) is 1. The Bertz CT molecular complexity index is 1080. The fourth-order valence-electron chi connectivity index (χ4n) is 3.29. The van der Waals surface area contributed by atoms with E-state index in [0.717, 1.165) is 33.3 Å². The smallest absolute Gasteiger partial charge is 0.178 e. The Kier molecular flexibility index (Phi) is 4.73. The number of para-hydroxylation sites is 1. The molecule has 1 aromatic heterocycles. The minimum Gasteiger partial charge on any atom is -0.488 e. The zero-order chi connectivity index (χ0) is 18.6. The van der Waals surface area contributed by atoms with Gasteiger partial charge in [0.2, 0.25) is 0 Å². The van der Waals surface area contributed by atoms with E-state index in [1.165, 1.54) is 0 Å². The van der Waals surface area contributed by atoms with Crippen LogP contribution in [0.4, 0.5) is 0 Å². The van der Waals surface area contributed by atoms with E-state index in [1.807, 2.05) is 72.8 Å². The Morgan fingerprint density at radius 3 is 2.44 bits per heavy atom. The van der Waals surface area contributed by atoms with Crippen LogP contribution in [0.5, 0.6) is 5.75 Å². The molecule has 0 radical (unpaired) electrons. The van der Waals surface area contributed by atoms with Crippen molar-refractivity contribution in [1.29, 1.82) is 0 Å². The summed E-state index contributed by atoms with van der Waals surface area (Å²) < 4.78 is 6.11. The number of ketones is 1. The van der Waals surface area contributed by atoms with Crippen molar-refractivity contribution in [3.05, 3.63) is 90.1 Å². The summed E-state index contributed by atoms with van der Waals surface area (Å²) in [6.07, 6.45) is 1.73. The van der Waals surface area contributed by atoms with Crippen molar-refractivity contribution < 1.29 is 9.53 Å². The normalized spacial score (nSPS) is 10.9. The predicted octanol–water partition coefficient (Wildman–Crippen LogP) is 4.56. The maximum atomic E-state index is 12.3. The van der Waals surface area contributed by atoms with Gasteiger partial charge in [-0.15, -0.1) is 0 Å². The Labute approximate surface area is 157 Å². The Morgan fingerprint density at radius 2 is 1.63 bits per heavy atom. The molecule has 4 heteroatoms. The third kappa shape index (κ3) is 3.35. The molecule has 0 unspecified atom stereocenters. The monoisotopic (exact) mass is 356 g/mol. The minimum atomic E-state index is -0.0867. The molecule has 0 saturated carbocycles. The molecule has 134 valence electrons. The molecule has 3 N–H and O–H groups in total. The summed E-state index contributed by atoms with van der Waals surface area (Å²) in [5, 5.41) is 0.878. The molecule has 1 heterocycles. The Morgan fingerprint density at radius 1 is 0.889 bits per heavy atom. The minimum absolute atomic E-state index is 0.0204. The molecule has 0 saturated heterocycles. The zero-order valence-electron chi connectivity index (χ0n) is 14.8. The van der Waals surface area contributed by atoms with E-state index in [1.54, 1.807) is 6.20 Å². The van der Waals surface area contributed by atoms with Crippen molar-refractivity contribution in [2.24, 2.45) is 5.73 Å². The summed E-state index contributed by atoms with van der Waals surface area (Å²) in [5.41, 5.74) is 10.1. The van der Waals surface area contributed by atoms with Crippen LogP contribution in [0.25, 0.3) is 22.0 Å². The van der Waals surface area contributed by atoms with Gasteiger partial charge in [-0.05, 0) is 23.3 Å². The first-order valence-corrected chi connectivity index (χ1v) is 8.87. The van der Waals surface area contributed by atoms with Crippen molar-refractivity contribution in [2.45, 2.75) is 6.61 Å². The molecule has 0 atom stereocenters. The lowest BCUT2D eigenvalue weighted by Crippen LogP contribution is -2.13. The number of nitrogens with one attached hydrogen (secondary N) is 1. The third-order valence-corrected chi connectivity index (χ3v) is 4.61. The van der Waals surface area contributed by atoms with E-state index in [4.69, 9.17) is 10.5 Å². The molecular formula is C23H20N2O2. The van der Waals surface area contributed by atoms with Gasteiger partial charge < -0.3 is 15.5 Å². The van der Waals surface area contributed by atoms with Crippen LogP contribution >= 0.6 is 0 Å². The highest BCUT2D eigenvalue weighted by Gasteiger charge is 2.17. The van der Waals surface area contributed by atoms with Crippen molar-refractivity contribution in [3.8, 4) is 16.9 Å². The molecule has 0 spiro atoms. The van der Waals surface area contributed by atoms with Gasteiger partial charge in [-0.3, -0.25) is 4.79 Å². The highest BCUT2D eigenvalue weighted by molar-refractivity contribution is 6.13. The first-order valence-electron chi connectivity index (χ1n) is 8.87. The first-order chi connectivity index (χ1) is 13.3. The van der Waals surface area contributed by atoms with E-state index < -0.39 is 0 Å². The number of hydrogen-bond donors (Lipinski definition) is 2. The summed E-state index contributed by atoms with van der Waals surface area (Å²) in [7, 11) is 0.